The normalized spacial score (nSPS) is 13.8. The highest BCUT2D eigenvalue weighted by atomic mass is 16.6. The Bertz CT molecular complexity index is 858. The number of carbonyl (C=O) groups excluding carboxylic acids is 1. The minimum atomic E-state index is -0.433. The van der Waals surface area contributed by atoms with E-state index in [-0.39, 0.29) is 11.6 Å². The lowest BCUT2D eigenvalue weighted by atomic mass is 10.0. The highest BCUT2D eigenvalue weighted by Crippen LogP contribution is 2.29. The average Bonchev–Trinajstić information content (AvgIpc) is 3.48. The summed E-state index contributed by atoms with van der Waals surface area (Å²) in [4.78, 5) is 25.2. The van der Waals surface area contributed by atoms with Crippen LogP contribution in [-0.4, -0.2) is 28.3 Å². The Balaban J connectivity index is 1.62. The molecular formula is C22H27N3O3. The quantitative estimate of drug-likeness (QED) is 0.534. The van der Waals surface area contributed by atoms with Crippen molar-refractivity contribution in [2.24, 2.45) is 0 Å². The van der Waals surface area contributed by atoms with Crippen LogP contribution in [0.1, 0.15) is 49.3 Å². The second-order valence-corrected chi connectivity index (χ2v) is 7.84. The second-order valence-electron chi connectivity index (χ2n) is 7.84. The third-order valence-electron chi connectivity index (χ3n) is 5.14. The van der Waals surface area contributed by atoms with Crippen LogP contribution in [0.25, 0.3) is 0 Å². The number of nitro benzene ring substituents is 1. The Labute approximate surface area is 165 Å². The zero-order valence-corrected chi connectivity index (χ0v) is 16.6. The molecule has 0 unspecified atom stereocenters. The Hall–Kier alpha value is -2.73. The lowest BCUT2D eigenvalue weighted by Crippen LogP contribution is -2.34. The van der Waals surface area contributed by atoms with E-state index in [1.165, 1.54) is 23.3 Å². The van der Waals surface area contributed by atoms with Crippen molar-refractivity contribution in [3.8, 4) is 0 Å². The lowest BCUT2D eigenvalue weighted by molar-refractivity contribution is -0.384. The zero-order chi connectivity index (χ0) is 20.3. The Morgan fingerprint density at radius 3 is 2.43 bits per heavy atom. The van der Waals surface area contributed by atoms with Gasteiger partial charge in [0.2, 0.25) is 5.91 Å². The number of nitro groups is 1. The minimum Gasteiger partial charge on any atom is -0.325 e. The molecule has 2 aromatic carbocycles. The molecule has 148 valence electrons. The first kappa shape index (κ1) is 20.0. The molecule has 1 amide bonds. The number of amides is 1. The largest absolute Gasteiger partial charge is 0.325 e. The van der Waals surface area contributed by atoms with Crippen LogP contribution in [-0.2, 0) is 11.3 Å². The van der Waals surface area contributed by atoms with Gasteiger partial charge in [0.1, 0.15) is 0 Å². The molecule has 0 aromatic heterocycles. The molecule has 6 nitrogen and oxygen atoms in total. The predicted octanol–water partition coefficient (Wildman–Crippen LogP) is 4.63. The van der Waals surface area contributed by atoms with Gasteiger partial charge in [0, 0.05) is 30.4 Å². The molecule has 0 radical (unpaired) electrons. The highest BCUT2D eigenvalue weighted by Gasteiger charge is 2.30. The van der Waals surface area contributed by atoms with E-state index in [4.69, 9.17) is 0 Å². The zero-order valence-electron chi connectivity index (χ0n) is 16.6. The van der Waals surface area contributed by atoms with E-state index in [0.717, 1.165) is 19.4 Å². The molecule has 1 aliphatic carbocycles. The van der Waals surface area contributed by atoms with Gasteiger partial charge in [0.25, 0.3) is 5.69 Å². The summed E-state index contributed by atoms with van der Waals surface area (Å²) in [7, 11) is 0. The standard InChI is InChI=1S/C22H27N3O3/c1-15(2)18-6-4-17(5-7-18)13-24(19-8-9-19)14-22(26)23-21-11-10-20(25(27)28)12-16(21)3/h4-7,10-12,15,19H,8-9,13-14H2,1-3H3,(H,23,26). The van der Waals surface area contributed by atoms with Crippen molar-refractivity contribution in [1.82, 2.24) is 4.90 Å². The first-order valence-corrected chi connectivity index (χ1v) is 9.71. The van der Waals surface area contributed by atoms with Gasteiger partial charge in [0.05, 0.1) is 11.5 Å². The van der Waals surface area contributed by atoms with Gasteiger partial charge in [-0.25, -0.2) is 0 Å². The Kier molecular flexibility index (Phi) is 6.09. The maximum absolute atomic E-state index is 12.6. The molecule has 1 fully saturated rings. The third kappa shape index (κ3) is 5.16. The second kappa shape index (κ2) is 8.52. The molecule has 1 N–H and O–H groups in total. The van der Waals surface area contributed by atoms with Gasteiger partial charge >= 0.3 is 0 Å². The summed E-state index contributed by atoms with van der Waals surface area (Å²) in [5.74, 6) is 0.409. The maximum Gasteiger partial charge on any atom is 0.269 e. The lowest BCUT2D eigenvalue weighted by Gasteiger charge is -2.22. The van der Waals surface area contributed by atoms with Crippen molar-refractivity contribution in [2.75, 3.05) is 11.9 Å². The average molecular weight is 381 g/mol. The minimum absolute atomic E-state index is 0.0277. The SMILES string of the molecule is Cc1cc([N+](=O)[O-])ccc1NC(=O)CN(Cc1ccc(C(C)C)cc1)C1CC1. The van der Waals surface area contributed by atoms with Crippen molar-refractivity contribution in [1.29, 1.82) is 0 Å². The van der Waals surface area contributed by atoms with Crippen molar-refractivity contribution < 1.29 is 9.72 Å². The van der Waals surface area contributed by atoms with E-state index in [1.54, 1.807) is 13.0 Å². The first-order chi connectivity index (χ1) is 13.3. The molecule has 1 aliphatic rings. The molecule has 0 spiro atoms. The fourth-order valence-corrected chi connectivity index (χ4v) is 3.27. The summed E-state index contributed by atoms with van der Waals surface area (Å²) >= 11 is 0. The predicted molar refractivity (Wildman–Crippen MR) is 110 cm³/mol. The van der Waals surface area contributed by atoms with E-state index in [9.17, 15) is 14.9 Å². The molecule has 6 heteroatoms. The number of benzene rings is 2. The molecule has 0 atom stereocenters. The molecule has 2 aromatic rings. The number of nitrogens with zero attached hydrogens (tertiary/aromatic N) is 2. The maximum atomic E-state index is 12.6. The molecular weight excluding hydrogens is 354 g/mol. The van der Waals surface area contributed by atoms with Gasteiger partial charge in [-0.1, -0.05) is 38.1 Å². The van der Waals surface area contributed by atoms with Gasteiger partial charge in [-0.2, -0.15) is 0 Å². The topological polar surface area (TPSA) is 75.5 Å². The highest BCUT2D eigenvalue weighted by molar-refractivity contribution is 5.93. The van der Waals surface area contributed by atoms with E-state index < -0.39 is 4.92 Å². The summed E-state index contributed by atoms with van der Waals surface area (Å²) in [6.07, 6.45) is 2.24. The summed E-state index contributed by atoms with van der Waals surface area (Å²) in [5, 5.41) is 13.8. The number of nitrogens with one attached hydrogen (secondary N) is 1. The van der Waals surface area contributed by atoms with E-state index in [0.29, 0.717) is 29.8 Å². The van der Waals surface area contributed by atoms with Crippen LogP contribution >= 0.6 is 0 Å². The molecule has 1 saturated carbocycles. The number of hydrogen-bond donors (Lipinski definition) is 1. The molecule has 0 heterocycles. The van der Waals surface area contributed by atoms with Gasteiger partial charge in [-0.3, -0.25) is 19.8 Å². The number of rotatable bonds is 8. The van der Waals surface area contributed by atoms with E-state index in [1.807, 2.05) is 0 Å². The monoisotopic (exact) mass is 381 g/mol. The van der Waals surface area contributed by atoms with Crippen LogP contribution in [0, 0.1) is 17.0 Å². The number of anilines is 1. The van der Waals surface area contributed by atoms with E-state index >= 15 is 0 Å². The fraction of sp³-hybridized carbons (Fsp3) is 0.409. The number of hydrogen-bond acceptors (Lipinski definition) is 4. The third-order valence-corrected chi connectivity index (χ3v) is 5.14. The van der Waals surface area contributed by atoms with Crippen LogP contribution in [0.2, 0.25) is 0 Å². The molecule has 0 bridgehead atoms. The Morgan fingerprint density at radius 2 is 1.89 bits per heavy atom. The fourth-order valence-electron chi connectivity index (χ4n) is 3.27. The number of carbonyl (C=O) groups is 1. The summed E-state index contributed by atoms with van der Waals surface area (Å²) in [5.41, 5.74) is 3.85. The van der Waals surface area contributed by atoms with Crippen LogP contribution in [0.4, 0.5) is 11.4 Å². The number of aryl methyl sites for hydroxylation is 1. The van der Waals surface area contributed by atoms with Gasteiger partial charge in [0.15, 0.2) is 0 Å². The summed E-state index contributed by atoms with van der Waals surface area (Å²) in [6.45, 7) is 7.17. The summed E-state index contributed by atoms with van der Waals surface area (Å²) < 4.78 is 0. The van der Waals surface area contributed by atoms with Crippen LogP contribution in [0.15, 0.2) is 42.5 Å². The molecule has 0 aliphatic heterocycles. The van der Waals surface area contributed by atoms with E-state index in [2.05, 4.69) is 48.3 Å². The Morgan fingerprint density at radius 1 is 1.21 bits per heavy atom. The van der Waals surface area contributed by atoms with Gasteiger partial charge in [-0.05, 0) is 48.4 Å². The van der Waals surface area contributed by atoms with Crippen LogP contribution in [0.5, 0.6) is 0 Å². The first-order valence-electron chi connectivity index (χ1n) is 9.71. The summed E-state index contributed by atoms with van der Waals surface area (Å²) in [6, 6.07) is 13.5. The van der Waals surface area contributed by atoms with Gasteiger partial charge < -0.3 is 5.32 Å². The van der Waals surface area contributed by atoms with Gasteiger partial charge in [-0.15, -0.1) is 0 Å². The van der Waals surface area contributed by atoms with Crippen LogP contribution in [0.3, 0.4) is 0 Å². The number of non-ortho nitro benzene ring substituents is 1. The van der Waals surface area contributed by atoms with Crippen molar-refractivity contribution >= 4 is 17.3 Å². The van der Waals surface area contributed by atoms with Crippen molar-refractivity contribution in [2.45, 2.75) is 52.1 Å². The molecule has 3 rings (SSSR count). The van der Waals surface area contributed by atoms with Crippen molar-refractivity contribution in [3.05, 3.63) is 69.3 Å². The molecule has 28 heavy (non-hydrogen) atoms. The smallest absolute Gasteiger partial charge is 0.269 e. The molecule has 0 saturated heterocycles. The van der Waals surface area contributed by atoms with Crippen molar-refractivity contribution in [3.63, 3.8) is 0 Å². The van der Waals surface area contributed by atoms with Crippen LogP contribution < -0.4 is 5.32 Å².